The fourth-order valence-electron chi connectivity index (χ4n) is 2.24. The topological polar surface area (TPSA) is 50.9 Å². The predicted molar refractivity (Wildman–Crippen MR) is 65.4 cm³/mol. The third-order valence-electron chi connectivity index (χ3n) is 3.16. The number of nitrogens with one attached hydrogen (secondary N) is 1. The van der Waals surface area contributed by atoms with Crippen LogP contribution in [0.2, 0.25) is 0 Å². The molecule has 1 unspecified atom stereocenters. The number of hydrogen-bond donors (Lipinski definition) is 2. The van der Waals surface area contributed by atoms with Gasteiger partial charge in [-0.05, 0) is 37.8 Å². The fourth-order valence-corrected chi connectivity index (χ4v) is 2.24. The number of pyridine rings is 1. The molecule has 1 aromatic rings. The van der Waals surface area contributed by atoms with Crippen LogP contribution in [0.1, 0.15) is 43.8 Å². The molecule has 17 heavy (non-hydrogen) atoms. The van der Waals surface area contributed by atoms with Crippen LogP contribution in [0, 0.1) is 5.82 Å². The van der Waals surface area contributed by atoms with Crippen molar-refractivity contribution in [3.63, 3.8) is 0 Å². The van der Waals surface area contributed by atoms with Crippen LogP contribution in [-0.2, 0) is 0 Å². The number of aromatic nitrogens is 1. The van der Waals surface area contributed by atoms with Crippen molar-refractivity contribution in [2.24, 2.45) is 5.84 Å². The number of hydrazine groups is 1. The fraction of sp³-hybridized carbons (Fsp3) is 0.462. The van der Waals surface area contributed by atoms with Gasteiger partial charge in [-0.15, -0.1) is 0 Å². The molecule has 0 saturated carbocycles. The highest BCUT2D eigenvalue weighted by molar-refractivity contribution is 5.23. The van der Waals surface area contributed by atoms with Crippen LogP contribution in [0.3, 0.4) is 0 Å². The van der Waals surface area contributed by atoms with Crippen LogP contribution in [-0.4, -0.2) is 4.98 Å². The van der Waals surface area contributed by atoms with Gasteiger partial charge >= 0.3 is 0 Å². The summed E-state index contributed by atoms with van der Waals surface area (Å²) in [6.07, 6.45) is 9.28. The van der Waals surface area contributed by atoms with Crippen molar-refractivity contribution in [2.45, 2.75) is 38.1 Å². The van der Waals surface area contributed by atoms with Crippen molar-refractivity contribution in [1.29, 1.82) is 0 Å². The highest BCUT2D eigenvalue weighted by atomic mass is 19.1. The van der Waals surface area contributed by atoms with Crippen LogP contribution in [0.25, 0.3) is 0 Å². The summed E-state index contributed by atoms with van der Waals surface area (Å²) in [4.78, 5) is 4.10. The van der Waals surface area contributed by atoms with E-state index in [0.717, 1.165) is 18.5 Å². The van der Waals surface area contributed by atoms with Gasteiger partial charge in [-0.25, -0.2) is 9.82 Å². The summed E-state index contributed by atoms with van der Waals surface area (Å²) in [5, 5.41) is 0. The average molecular weight is 235 g/mol. The average Bonchev–Trinajstić information content (AvgIpc) is 2.62. The predicted octanol–water partition coefficient (Wildman–Crippen LogP) is 2.62. The molecule has 0 saturated heterocycles. The minimum atomic E-state index is -0.320. The van der Waals surface area contributed by atoms with Gasteiger partial charge in [-0.1, -0.05) is 18.1 Å². The second kappa shape index (κ2) is 5.89. The Morgan fingerprint density at radius 2 is 2.18 bits per heavy atom. The number of rotatable bonds is 3. The third-order valence-corrected chi connectivity index (χ3v) is 3.16. The summed E-state index contributed by atoms with van der Waals surface area (Å²) in [5.41, 5.74) is 4.83. The summed E-state index contributed by atoms with van der Waals surface area (Å²) in [7, 11) is 0. The Morgan fingerprint density at radius 3 is 2.88 bits per heavy atom. The monoisotopic (exact) mass is 235 g/mol. The first-order chi connectivity index (χ1) is 8.31. The molecule has 0 bridgehead atoms. The molecule has 1 atom stereocenters. The molecule has 2 rings (SSSR count). The van der Waals surface area contributed by atoms with Crippen LogP contribution >= 0.6 is 0 Å². The SMILES string of the molecule is NNC(C1=CCCCCC1)c1ccc(F)cn1. The minimum absolute atomic E-state index is 0.0892. The molecule has 0 spiro atoms. The highest BCUT2D eigenvalue weighted by Gasteiger charge is 2.17. The zero-order valence-electron chi connectivity index (χ0n) is 9.82. The molecule has 1 heterocycles. The van der Waals surface area contributed by atoms with E-state index in [2.05, 4.69) is 16.5 Å². The molecule has 0 aliphatic heterocycles. The van der Waals surface area contributed by atoms with Crippen molar-refractivity contribution in [2.75, 3.05) is 0 Å². The van der Waals surface area contributed by atoms with E-state index in [1.54, 1.807) is 6.07 Å². The summed E-state index contributed by atoms with van der Waals surface area (Å²) >= 11 is 0. The lowest BCUT2D eigenvalue weighted by atomic mass is 9.99. The van der Waals surface area contributed by atoms with Crippen LogP contribution in [0.4, 0.5) is 4.39 Å². The smallest absolute Gasteiger partial charge is 0.141 e. The molecule has 0 fully saturated rings. The Balaban J connectivity index is 2.20. The van der Waals surface area contributed by atoms with Gasteiger partial charge in [0.25, 0.3) is 0 Å². The lowest BCUT2D eigenvalue weighted by Gasteiger charge is -2.18. The first kappa shape index (κ1) is 12.2. The number of nitrogens with zero attached hydrogens (tertiary/aromatic N) is 1. The Hall–Kier alpha value is -1.26. The Labute approximate surface area is 101 Å². The van der Waals surface area contributed by atoms with Crippen molar-refractivity contribution in [3.05, 3.63) is 41.5 Å². The van der Waals surface area contributed by atoms with Gasteiger partial charge in [-0.3, -0.25) is 10.8 Å². The number of hydrogen-bond acceptors (Lipinski definition) is 3. The van der Waals surface area contributed by atoms with E-state index in [1.807, 2.05) is 0 Å². The van der Waals surface area contributed by atoms with Gasteiger partial charge < -0.3 is 0 Å². The van der Waals surface area contributed by atoms with Gasteiger partial charge in [0.2, 0.25) is 0 Å². The molecule has 4 heteroatoms. The molecule has 3 N–H and O–H groups in total. The van der Waals surface area contributed by atoms with E-state index in [9.17, 15) is 4.39 Å². The van der Waals surface area contributed by atoms with Crippen molar-refractivity contribution in [1.82, 2.24) is 10.4 Å². The quantitative estimate of drug-likeness (QED) is 0.481. The Bertz CT molecular complexity index is 386. The molecular weight excluding hydrogens is 217 g/mol. The summed E-state index contributed by atoms with van der Waals surface area (Å²) in [6, 6.07) is 3.02. The molecule has 1 aliphatic rings. The van der Waals surface area contributed by atoms with E-state index >= 15 is 0 Å². The highest BCUT2D eigenvalue weighted by Crippen LogP contribution is 2.27. The third kappa shape index (κ3) is 3.11. The number of halogens is 1. The van der Waals surface area contributed by atoms with Gasteiger partial charge in [0.05, 0.1) is 17.9 Å². The zero-order chi connectivity index (χ0) is 12.1. The summed E-state index contributed by atoms with van der Waals surface area (Å²) in [5.74, 6) is 5.28. The molecule has 0 radical (unpaired) electrons. The maximum absolute atomic E-state index is 12.8. The standard InChI is InChI=1S/C13H18FN3/c14-11-7-8-12(16-9-11)13(17-15)10-5-3-1-2-4-6-10/h5,7-9,13,17H,1-4,6,15H2. The largest absolute Gasteiger partial charge is 0.271 e. The van der Waals surface area contributed by atoms with Crippen molar-refractivity contribution < 1.29 is 4.39 Å². The number of allylic oxidation sites excluding steroid dienone is 1. The van der Waals surface area contributed by atoms with Gasteiger partial charge in [-0.2, -0.15) is 0 Å². The summed E-state index contributed by atoms with van der Waals surface area (Å²) in [6.45, 7) is 0. The second-order valence-electron chi connectivity index (χ2n) is 4.38. The maximum Gasteiger partial charge on any atom is 0.141 e. The van der Waals surface area contributed by atoms with Gasteiger partial charge in [0.1, 0.15) is 5.82 Å². The maximum atomic E-state index is 12.8. The molecule has 92 valence electrons. The molecular formula is C13H18FN3. The Morgan fingerprint density at radius 1 is 1.29 bits per heavy atom. The normalized spacial score (nSPS) is 18.4. The molecule has 0 aromatic carbocycles. The molecule has 3 nitrogen and oxygen atoms in total. The van der Waals surface area contributed by atoms with Crippen LogP contribution in [0.15, 0.2) is 30.0 Å². The van der Waals surface area contributed by atoms with Crippen molar-refractivity contribution >= 4 is 0 Å². The number of nitrogens with two attached hydrogens (primary N) is 1. The minimum Gasteiger partial charge on any atom is -0.271 e. The van der Waals surface area contributed by atoms with E-state index < -0.39 is 0 Å². The lowest BCUT2D eigenvalue weighted by molar-refractivity contribution is 0.571. The lowest BCUT2D eigenvalue weighted by Crippen LogP contribution is -2.30. The molecule has 1 aliphatic carbocycles. The molecule has 0 amide bonds. The van der Waals surface area contributed by atoms with E-state index in [4.69, 9.17) is 5.84 Å². The second-order valence-corrected chi connectivity index (χ2v) is 4.38. The van der Waals surface area contributed by atoms with Crippen LogP contribution in [0.5, 0.6) is 0 Å². The van der Waals surface area contributed by atoms with Gasteiger partial charge in [0.15, 0.2) is 0 Å². The van der Waals surface area contributed by atoms with E-state index in [0.29, 0.717) is 0 Å². The van der Waals surface area contributed by atoms with Crippen LogP contribution < -0.4 is 11.3 Å². The first-order valence-corrected chi connectivity index (χ1v) is 6.08. The first-order valence-electron chi connectivity index (χ1n) is 6.08. The Kier molecular flexibility index (Phi) is 4.23. The molecule has 1 aromatic heterocycles. The van der Waals surface area contributed by atoms with Crippen molar-refractivity contribution in [3.8, 4) is 0 Å². The summed E-state index contributed by atoms with van der Waals surface area (Å²) < 4.78 is 12.8. The van der Waals surface area contributed by atoms with E-state index in [1.165, 1.54) is 37.1 Å². The zero-order valence-corrected chi connectivity index (χ0v) is 9.82. The van der Waals surface area contributed by atoms with E-state index in [-0.39, 0.29) is 11.9 Å². The van der Waals surface area contributed by atoms with Gasteiger partial charge in [0, 0.05) is 0 Å².